The van der Waals surface area contributed by atoms with Crippen LogP contribution in [0.2, 0.25) is 0 Å². The molecule has 0 amide bonds. The van der Waals surface area contributed by atoms with E-state index >= 15 is 0 Å². The van der Waals surface area contributed by atoms with Gasteiger partial charge in [0.15, 0.2) is 0 Å². The van der Waals surface area contributed by atoms with Crippen LogP contribution in [0.5, 0.6) is 0 Å². The minimum absolute atomic E-state index is 0.244. The van der Waals surface area contributed by atoms with Crippen LogP contribution in [0.3, 0.4) is 0 Å². The highest BCUT2D eigenvalue weighted by molar-refractivity contribution is 5.42. The van der Waals surface area contributed by atoms with Crippen LogP contribution in [0.4, 0.5) is 5.69 Å². The minimum atomic E-state index is 0.244. The summed E-state index contributed by atoms with van der Waals surface area (Å²) in [7, 11) is 0. The van der Waals surface area contributed by atoms with E-state index < -0.39 is 0 Å². The molecule has 4 N–H and O–H groups in total. The molecule has 1 saturated heterocycles. The van der Waals surface area contributed by atoms with Gasteiger partial charge >= 0.3 is 0 Å². The molecule has 0 radical (unpaired) electrons. The Labute approximate surface area is 97.4 Å². The van der Waals surface area contributed by atoms with Gasteiger partial charge in [0.1, 0.15) is 0 Å². The lowest BCUT2D eigenvalue weighted by molar-refractivity contribution is 0.248. The molecule has 2 rings (SSSR count). The predicted molar refractivity (Wildman–Crippen MR) is 68.1 cm³/mol. The Kier molecular flexibility index (Phi) is 3.46. The third-order valence-electron chi connectivity index (χ3n) is 3.31. The van der Waals surface area contributed by atoms with E-state index in [0.717, 1.165) is 25.2 Å². The highest BCUT2D eigenvalue weighted by Crippen LogP contribution is 2.31. The Morgan fingerprint density at radius 3 is 2.94 bits per heavy atom. The molecule has 1 fully saturated rings. The lowest BCUT2D eigenvalue weighted by Crippen LogP contribution is -2.32. The summed E-state index contributed by atoms with van der Waals surface area (Å²) >= 11 is 0. The molecule has 1 aromatic rings. The highest BCUT2D eigenvalue weighted by atomic mass is 15.2. The van der Waals surface area contributed by atoms with Crippen molar-refractivity contribution in [3.63, 3.8) is 0 Å². The van der Waals surface area contributed by atoms with Crippen LogP contribution >= 0.6 is 0 Å². The minimum Gasteiger partial charge on any atom is -0.399 e. The summed E-state index contributed by atoms with van der Waals surface area (Å²) in [5.74, 6) is 0. The summed E-state index contributed by atoms with van der Waals surface area (Å²) < 4.78 is 0. The molecule has 0 bridgehead atoms. The molecule has 0 aromatic heterocycles. The Morgan fingerprint density at radius 1 is 1.44 bits per heavy atom. The largest absolute Gasteiger partial charge is 0.399 e. The summed E-state index contributed by atoms with van der Waals surface area (Å²) in [6, 6.07) is 8.72. The molecule has 0 saturated carbocycles. The first-order valence-corrected chi connectivity index (χ1v) is 6.07. The van der Waals surface area contributed by atoms with Crippen LogP contribution in [0, 0.1) is 0 Å². The average molecular weight is 219 g/mol. The van der Waals surface area contributed by atoms with Crippen molar-refractivity contribution >= 4 is 5.69 Å². The number of nitrogens with zero attached hydrogens (tertiary/aromatic N) is 1. The topological polar surface area (TPSA) is 55.3 Å². The number of nitrogens with two attached hydrogens (primary N) is 2. The molecule has 1 heterocycles. The number of hydrogen-bond acceptors (Lipinski definition) is 3. The van der Waals surface area contributed by atoms with Gasteiger partial charge in [0, 0.05) is 24.3 Å². The third kappa shape index (κ3) is 2.20. The van der Waals surface area contributed by atoms with E-state index in [0.29, 0.717) is 6.04 Å². The quantitative estimate of drug-likeness (QED) is 0.762. The molecule has 0 aliphatic carbocycles. The van der Waals surface area contributed by atoms with Gasteiger partial charge in [0.25, 0.3) is 0 Å². The SMILES string of the molecule is CCCN1CC[C@@H](N)[C@@H]1c1cccc(N)c1. The van der Waals surface area contributed by atoms with Crippen molar-refractivity contribution in [2.24, 2.45) is 5.73 Å². The molecule has 88 valence electrons. The van der Waals surface area contributed by atoms with Crippen molar-refractivity contribution in [1.82, 2.24) is 4.90 Å². The monoisotopic (exact) mass is 219 g/mol. The van der Waals surface area contributed by atoms with Crippen molar-refractivity contribution in [2.45, 2.75) is 31.8 Å². The Hall–Kier alpha value is -1.06. The molecule has 3 nitrogen and oxygen atoms in total. The summed E-state index contributed by atoms with van der Waals surface area (Å²) in [4.78, 5) is 2.47. The highest BCUT2D eigenvalue weighted by Gasteiger charge is 2.32. The van der Waals surface area contributed by atoms with Gasteiger partial charge in [-0.25, -0.2) is 0 Å². The van der Waals surface area contributed by atoms with Gasteiger partial charge < -0.3 is 11.5 Å². The number of hydrogen-bond donors (Lipinski definition) is 2. The molecular weight excluding hydrogens is 198 g/mol. The number of likely N-dealkylation sites (tertiary alicyclic amines) is 1. The van der Waals surface area contributed by atoms with E-state index in [1.807, 2.05) is 12.1 Å². The second kappa shape index (κ2) is 4.85. The maximum Gasteiger partial charge on any atom is 0.0500 e. The van der Waals surface area contributed by atoms with Gasteiger partial charge in [-0.05, 0) is 37.1 Å². The molecule has 1 aromatic carbocycles. The fourth-order valence-corrected chi connectivity index (χ4v) is 2.62. The smallest absolute Gasteiger partial charge is 0.0500 e. The molecule has 2 atom stereocenters. The van der Waals surface area contributed by atoms with E-state index in [1.165, 1.54) is 12.0 Å². The van der Waals surface area contributed by atoms with Gasteiger partial charge in [-0.15, -0.1) is 0 Å². The zero-order valence-electron chi connectivity index (χ0n) is 9.89. The number of rotatable bonds is 3. The fraction of sp³-hybridized carbons (Fsp3) is 0.538. The summed E-state index contributed by atoms with van der Waals surface area (Å²) in [6.07, 6.45) is 2.25. The van der Waals surface area contributed by atoms with Gasteiger partial charge in [0.05, 0.1) is 0 Å². The molecule has 0 unspecified atom stereocenters. The van der Waals surface area contributed by atoms with Gasteiger partial charge in [-0.3, -0.25) is 4.90 Å². The van der Waals surface area contributed by atoms with Crippen LogP contribution < -0.4 is 11.5 Å². The standard InChI is InChI=1S/C13H21N3/c1-2-7-16-8-6-12(15)13(16)10-4-3-5-11(14)9-10/h3-5,9,12-13H,2,6-8,14-15H2,1H3/t12-,13+/m1/s1. The molecular formula is C13H21N3. The maximum absolute atomic E-state index is 6.20. The van der Waals surface area contributed by atoms with Crippen molar-refractivity contribution < 1.29 is 0 Å². The van der Waals surface area contributed by atoms with Crippen molar-refractivity contribution in [1.29, 1.82) is 0 Å². The molecule has 1 aliphatic heterocycles. The summed E-state index contributed by atoms with van der Waals surface area (Å²) in [6.45, 7) is 4.43. The van der Waals surface area contributed by atoms with E-state index in [-0.39, 0.29) is 6.04 Å². The molecule has 3 heteroatoms. The van der Waals surface area contributed by atoms with Gasteiger partial charge in [0.2, 0.25) is 0 Å². The zero-order valence-corrected chi connectivity index (χ0v) is 9.89. The van der Waals surface area contributed by atoms with E-state index in [2.05, 4.69) is 24.0 Å². The van der Waals surface area contributed by atoms with Crippen LogP contribution in [0.1, 0.15) is 31.4 Å². The average Bonchev–Trinajstić information content (AvgIpc) is 2.60. The van der Waals surface area contributed by atoms with Crippen LogP contribution in [0.25, 0.3) is 0 Å². The first-order valence-electron chi connectivity index (χ1n) is 6.07. The summed E-state index contributed by atoms with van der Waals surface area (Å²) in [5, 5.41) is 0. The Bertz CT molecular complexity index is 349. The first kappa shape index (κ1) is 11.4. The maximum atomic E-state index is 6.20. The lowest BCUT2D eigenvalue weighted by atomic mass is 10.0. The predicted octanol–water partition coefficient (Wildman–Crippen LogP) is 1.75. The molecule has 1 aliphatic rings. The van der Waals surface area contributed by atoms with Crippen molar-refractivity contribution in [3.05, 3.63) is 29.8 Å². The lowest BCUT2D eigenvalue weighted by Gasteiger charge is -2.26. The molecule has 0 spiro atoms. The number of anilines is 1. The second-order valence-corrected chi connectivity index (χ2v) is 4.60. The van der Waals surface area contributed by atoms with Crippen molar-refractivity contribution in [2.75, 3.05) is 18.8 Å². The Morgan fingerprint density at radius 2 is 2.25 bits per heavy atom. The van der Waals surface area contributed by atoms with E-state index in [4.69, 9.17) is 11.5 Å². The van der Waals surface area contributed by atoms with Crippen LogP contribution in [-0.4, -0.2) is 24.0 Å². The summed E-state index contributed by atoms with van der Waals surface area (Å²) in [5.41, 5.74) is 14.1. The van der Waals surface area contributed by atoms with Crippen LogP contribution in [-0.2, 0) is 0 Å². The number of nitrogen functional groups attached to an aromatic ring is 1. The normalized spacial score (nSPS) is 26.1. The first-order chi connectivity index (χ1) is 7.72. The van der Waals surface area contributed by atoms with E-state index in [1.54, 1.807) is 0 Å². The number of benzene rings is 1. The van der Waals surface area contributed by atoms with Gasteiger partial charge in [-0.2, -0.15) is 0 Å². The molecule has 16 heavy (non-hydrogen) atoms. The fourth-order valence-electron chi connectivity index (χ4n) is 2.62. The Balaban J connectivity index is 2.22. The van der Waals surface area contributed by atoms with E-state index in [9.17, 15) is 0 Å². The van der Waals surface area contributed by atoms with Crippen molar-refractivity contribution in [3.8, 4) is 0 Å². The second-order valence-electron chi connectivity index (χ2n) is 4.60. The van der Waals surface area contributed by atoms with Gasteiger partial charge in [-0.1, -0.05) is 19.1 Å². The zero-order chi connectivity index (χ0) is 11.5. The third-order valence-corrected chi connectivity index (χ3v) is 3.31. The van der Waals surface area contributed by atoms with Crippen LogP contribution in [0.15, 0.2) is 24.3 Å².